The van der Waals surface area contributed by atoms with Gasteiger partial charge in [-0.05, 0) is 24.1 Å². The highest BCUT2D eigenvalue weighted by molar-refractivity contribution is 7.09. The average Bonchev–Trinajstić information content (AvgIpc) is 2.88. The molecule has 0 aliphatic rings. The van der Waals surface area contributed by atoms with E-state index < -0.39 is 29.0 Å². The van der Waals surface area contributed by atoms with E-state index in [1.165, 1.54) is 11.3 Å². The highest BCUT2D eigenvalue weighted by atomic mass is 32.1. The Balaban J connectivity index is 2.55. The summed E-state index contributed by atoms with van der Waals surface area (Å²) >= 11 is 1.17. The number of carbonyl (C=O) groups excluding carboxylic acids is 1. The van der Waals surface area contributed by atoms with Crippen LogP contribution in [-0.4, -0.2) is 15.7 Å². The van der Waals surface area contributed by atoms with Gasteiger partial charge >= 0.3 is 6.18 Å². The van der Waals surface area contributed by atoms with Gasteiger partial charge in [0.05, 0.1) is 11.1 Å². The van der Waals surface area contributed by atoms with E-state index in [9.17, 15) is 22.4 Å². The van der Waals surface area contributed by atoms with Crippen molar-refractivity contribution in [3.8, 4) is 0 Å². The Labute approximate surface area is 158 Å². The van der Waals surface area contributed by atoms with E-state index in [-0.39, 0.29) is 16.1 Å². The van der Waals surface area contributed by atoms with Crippen LogP contribution in [0, 0.1) is 11.7 Å². The molecule has 1 aromatic carbocycles. The van der Waals surface area contributed by atoms with E-state index in [2.05, 4.69) is 10.1 Å². The zero-order valence-corrected chi connectivity index (χ0v) is 16.5. The van der Waals surface area contributed by atoms with Gasteiger partial charge in [0.15, 0.2) is 0 Å². The number of amides is 1. The molecule has 0 saturated carbocycles. The van der Waals surface area contributed by atoms with Crippen LogP contribution in [0.3, 0.4) is 0 Å². The number of benzene rings is 1. The Hall–Kier alpha value is -2.03. The molecule has 0 saturated heterocycles. The lowest BCUT2D eigenvalue weighted by Crippen LogP contribution is -2.22. The van der Waals surface area contributed by atoms with E-state index in [0.717, 1.165) is 5.01 Å². The predicted octanol–water partition coefficient (Wildman–Crippen LogP) is 4.80. The van der Waals surface area contributed by atoms with Crippen molar-refractivity contribution < 1.29 is 22.4 Å². The second kappa shape index (κ2) is 7.53. The van der Waals surface area contributed by atoms with Crippen LogP contribution >= 0.6 is 11.3 Å². The lowest BCUT2D eigenvalue weighted by atomic mass is 9.98. The summed E-state index contributed by atoms with van der Waals surface area (Å²) in [5.74, 6) is -1.91. The Kier molecular flexibility index (Phi) is 5.94. The maximum absolute atomic E-state index is 13.9. The molecule has 4 nitrogen and oxygen atoms in total. The van der Waals surface area contributed by atoms with Crippen molar-refractivity contribution in [1.29, 1.82) is 0 Å². The lowest BCUT2D eigenvalue weighted by Gasteiger charge is -2.13. The molecule has 0 unspecified atom stereocenters. The number of halogens is 4. The molecule has 1 heterocycles. The molecule has 0 N–H and O–H groups in total. The molecule has 0 aliphatic heterocycles. The SMILES string of the molecule is CC(C)Cn1nc(C(C)(C)C)sc1=NC(=O)c1cc(C(F)(F)F)ccc1F. The second-order valence-corrected chi connectivity index (χ2v) is 8.58. The van der Waals surface area contributed by atoms with E-state index in [1.807, 2.05) is 34.6 Å². The summed E-state index contributed by atoms with van der Waals surface area (Å²) in [7, 11) is 0. The van der Waals surface area contributed by atoms with E-state index in [4.69, 9.17) is 0 Å². The first-order valence-corrected chi connectivity index (χ1v) is 9.15. The van der Waals surface area contributed by atoms with E-state index in [1.54, 1.807) is 4.68 Å². The zero-order valence-electron chi connectivity index (χ0n) is 15.7. The highest BCUT2D eigenvalue weighted by Crippen LogP contribution is 2.30. The van der Waals surface area contributed by atoms with Crippen molar-refractivity contribution in [2.75, 3.05) is 0 Å². The summed E-state index contributed by atoms with van der Waals surface area (Å²) in [4.78, 5) is 16.5. The summed E-state index contributed by atoms with van der Waals surface area (Å²) in [6.45, 7) is 10.2. The molecule has 148 valence electrons. The van der Waals surface area contributed by atoms with Crippen LogP contribution in [0.2, 0.25) is 0 Å². The first kappa shape index (κ1) is 21.3. The molecule has 1 aromatic heterocycles. The minimum atomic E-state index is -4.68. The molecule has 0 spiro atoms. The van der Waals surface area contributed by atoms with Gasteiger partial charge in [0, 0.05) is 12.0 Å². The molecule has 0 aliphatic carbocycles. The lowest BCUT2D eigenvalue weighted by molar-refractivity contribution is -0.137. The third-order valence-electron chi connectivity index (χ3n) is 3.52. The van der Waals surface area contributed by atoms with Gasteiger partial charge in [-0.15, -0.1) is 0 Å². The Morgan fingerprint density at radius 3 is 2.41 bits per heavy atom. The number of alkyl halides is 3. The van der Waals surface area contributed by atoms with Crippen molar-refractivity contribution in [2.24, 2.45) is 10.9 Å². The third kappa shape index (κ3) is 5.24. The molecule has 0 radical (unpaired) electrons. The van der Waals surface area contributed by atoms with Gasteiger partial charge in [-0.2, -0.15) is 23.3 Å². The van der Waals surface area contributed by atoms with E-state index in [0.29, 0.717) is 24.7 Å². The van der Waals surface area contributed by atoms with Crippen LogP contribution in [0.4, 0.5) is 17.6 Å². The molecule has 9 heteroatoms. The van der Waals surface area contributed by atoms with Crippen LogP contribution in [0.1, 0.15) is 55.5 Å². The molecular formula is C18H21F4N3OS. The van der Waals surface area contributed by atoms with Crippen LogP contribution in [0.15, 0.2) is 23.2 Å². The van der Waals surface area contributed by atoms with Crippen LogP contribution in [0.5, 0.6) is 0 Å². The fourth-order valence-corrected chi connectivity index (χ4v) is 3.14. The van der Waals surface area contributed by atoms with Crippen molar-refractivity contribution >= 4 is 17.2 Å². The van der Waals surface area contributed by atoms with Gasteiger partial charge in [0.25, 0.3) is 5.91 Å². The van der Waals surface area contributed by atoms with Crippen LogP contribution < -0.4 is 4.80 Å². The zero-order chi connectivity index (χ0) is 20.6. The molecule has 2 rings (SSSR count). The molecule has 0 fully saturated rings. The summed E-state index contributed by atoms with van der Waals surface area (Å²) in [6, 6.07) is 1.70. The minimum Gasteiger partial charge on any atom is -0.267 e. The van der Waals surface area contributed by atoms with Crippen LogP contribution in [-0.2, 0) is 18.1 Å². The van der Waals surface area contributed by atoms with E-state index >= 15 is 0 Å². The predicted molar refractivity (Wildman–Crippen MR) is 94.9 cm³/mol. The number of carbonyl (C=O) groups is 1. The monoisotopic (exact) mass is 403 g/mol. The molecule has 1 amide bonds. The van der Waals surface area contributed by atoms with Crippen LogP contribution in [0.25, 0.3) is 0 Å². The maximum atomic E-state index is 13.9. The molecule has 27 heavy (non-hydrogen) atoms. The normalized spacial score (nSPS) is 13.5. The Bertz CT molecular complexity index is 905. The van der Waals surface area contributed by atoms with Gasteiger partial charge in [-0.25, -0.2) is 9.07 Å². The van der Waals surface area contributed by atoms with Gasteiger partial charge in [0.2, 0.25) is 4.80 Å². The average molecular weight is 403 g/mol. The molecular weight excluding hydrogens is 382 g/mol. The largest absolute Gasteiger partial charge is 0.416 e. The highest BCUT2D eigenvalue weighted by Gasteiger charge is 2.32. The van der Waals surface area contributed by atoms with Gasteiger partial charge < -0.3 is 0 Å². The first-order chi connectivity index (χ1) is 12.3. The summed E-state index contributed by atoms with van der Waals surface area (Å²) in [6.07, 6.45) is -4.68. The molecule has 0 atom stereocenters. The fourth-order valence-electron chi connectivity index (χ4n) is 2.17. The fraction of sp³-hybridized carbons (Fsp3) is 0.500. The quantitative estimate of drug-likeness (QED) is 0.692. The number of aromatic nitrogens is 2. The topological polar surface area (TPSA) is 47.2 Å². The number of hydrogen-bond donors (Lipinski definition) is 0. The maximum Gasteiger partial charge on any atom is 0.416 e. The van der Waals surface area contributed by atoms with Gasteiger partial charge in [0.1, 0.15) is 10.8 Å². The number of rotatable bonds is 3. The Morgan fingerprint density at radius 1 is 1.26 bits per heavy atom. The van der Waals surface area contributed by atoms with Gasteiger partial charge in [-0.3, -0.25) is 4.79 Å². The van der Waals surface area contributed by atoms with Crippen molar-refractivity contribution in [3.63, 3.8) is 0 Å². The second-order valence-electron chi connectivity index (χ2n) is 7.63. The summed E-state index contributed by atoms with van der Waals surface area (Å²) in [5.41, 5.74) is -2.11. The summed E-state index contributed by atoms with van der Waals surface area (Å²) < 4.78 is 54.1. The van der Waals surface area contributed by atoms with Crippen molar-refractivity contribution in [3.05, 3.63) is 45.0 Å². The summed E-state index contributed by atoms with van der Waals surface area (Å²) in [5, 5.41) is 5.18. The molecule has 2 aromatic rings. The van der Waals surface area contributed by atoms with Gasteiger partial charge in [-0.1, -0.05) is 46.0 Å². The first-order valence-electron chi connectivity index (χ1n) is 8.33. The minimum absolute atomic E-state index is 0.208. The van der Waals surface area contributed by atoms with Crippen molar-refractivity contribution in [2.45, 2.75) is 52.8 Å². The third-order valence-corrected chi connectivity index (χ3v) is 4.89. The smallest absolute Gasteiger partial charge is 0.267 e. The Morgan fingerprint density at radius 2 is 1.89 bits per heavy atom. The van der Waals surface area contributed by atoms with Crippen molar-refractivity contribution in [1.82, 2.24) is 9.78 Å². The molecule has 0 bridgehead atoms. The standard InChI is InChI=1S/C18H21F4N3OS/c1-10(2)9-25-16(27-15(24-25)17(3,4)5)23-14(26)12-8-11(18(20,21)22)6-7-13(12)19/h6-8,10H,9H2,1-5H3. The number of nitrogens with zero attached hydrogens (tertiary/aromatic N) is 3. The number of hydrogen-bond acceptors (Lipinski definition) is 3.